The molecule has 0 aliphatic carbocycles. The molecule has 0 radical (unpaired) electrons. The third-order valence-electron chi connectivity index (χ3n) is 3.67. The monoisotopic (exact) mass is 414 g/mol. The number of benzene rings is 2. The normalized spacial score (nSPS) is 10.2. The zero-order valence-electron chi connectivity index (χ0n) is 13.7. The molecule has 2 aromatic carbocycles. The second-order valence-electron chi connectivity index (χ2n) is 5.28. The number of aromatic nitrogens is 2. The third kappa shape index (κ3) is 3.75. The molecule has 0 bridgehead atoms. The number of carbonyl (C=O) groups is 2. The Balaban J connectivity index is 1.72. The Labute approximate surface area is 157 Å². The minimum Gasteiger partial charge on any atom is -0.497 e. The van der Waals surface area contributed by atoms with Gasteiger partial charge in [0.05, 0.1) is 30.1 Å². The molecule has 0 unspecified atom stereocenters. The minimum atomic E-state index is -0.482. The van der Waals surface area contributed by atoms with Crippen molar-refractivity contribution >= 4 is 27.7 Å². The molecule has 0 aliphatic heterocycles. The topological polar surface area (TPSA) is 96.1 Å². The van der Waals surface area contributed by atoms with Crippen LogP contribution < -0.4 is 15.6 Å². The molecule has 8 heteroatoms. The van der Waals surface area contributed by atoms with E-state index in [1.54, 1.807) is 43.5 Å². The van der Waals surface area contributed by atoms with Crippen molar-refractivity contribution in [2.75, 3.05) is 7.11 Å². The molecular weight excluding hydrogens is 400 g/mol. The van der Waals surface area contributed by atoms with Gasteiger partial charge < -0.3 is 4.74 Å². The van der Waals surface area contributed by atoms with Gasteiger partial charge in [0.2, 0.25) is 0 Å². The van der Waals surface area contributed by atoms with Gasteiger partial charge in [0.25, 0.3) is 11.8 Å². The lowest BCUT2D eigenvalue weighted by molar-refractivity contribution is 0.0846. The predicted molar refractivity (Wildman–Crippen MR) is 99.7 cm³/mol. The van der Waals surface area contributed by atoms with Crippen LogP contribution in [0.15, 0.2) is 59.2 Å². The smallest absolute Gasteiger partial charge is 0.273 e. The van der Waals surface area contributed by atoms with E-state index in [2.05, 4.69) is 37.0 Å². The van der Waals surface area contributed by atoms with E-state index >= 15 is 0 Å². The number of methoxy groups -OCH3 is 1. The Hall–Kier alpha value is -3.13. The maximum Gasteiger partial charge on any atom is 0.273 e. The molecule has 0 saturated heterocycles. The van der Waals surface area contributed by atoms with Gasteiger partial charge in [-0.2, -0.15) is 5.10 Å². The molecule has 0 saturated carbocycles. The van der Waals surface area contributed by atoms with Crippen molar-refractivity contribution in [3.63, 3.8) is 0 Å². The summed E-state index contributed by atoms with van der Waals surface area (Å²) in [6.07, 6.45) is 1.40. The van der Waals surface area contributed by atoms with Gasteiger partial charge in [0.15, 0.2) is 0 Å². The van der Waals surface area contributed by atoms with Crippen LogP contribution in [-0.4, -0.2) is 29.1 Å². The van der Waals surface area contributed by atoms with Crippen LogP contribution in [0, 0.1) is 0 Å². The van der Waals surface area contributed by atoms with Crippen molar-refractivity contribution in [3.8, 4) is 17.0 Å². The number of carbonyl (C=O) groups excluding carboxylic acids is 2. The van der Waals surface area contributed by atoms with E-state index in [0.717, 1.165) is 5.56 Å². The molecule has 0 aliphatic rings. The summed E-state index contributed by atoms with van der Waals surface area (Å²) in [6.45, 7) is 0. The number of amides is 2. The number of ether oxygens (including phenoxy) is 1. The average Bonchev–Trinajstić information content (AvgIpc) is 3.16. The third-order valence-corrected chi connectivity index (χ3v) is 4.36. The van der Waals surface area contributed by atoms with E-state index in [9.17, 15) is 9.59 Å². The summed E-state index contributed by atoms with van der Waals surface area (Å²) >= 11 is 3.30. The summed E-state index contributed by atoms with van der Waals surface area (Å²) in [5.74, 6) is -0.203. The molecule has 3 N–H and O–H groups in total. The lowest BCUT2D eigenvalue weighted by Gasteiger charge is -2.09. The van der Waals surface area contributed by atoms with Crippen LogP contribution in [0.2, 0.25) is 0 Å². The van der Waals surface area contributed by atoms with Gasteiger partial charge in [-0.1, -0.05) is 12.1 Å². The second-order valence-corrected chi connectivity index (χ2v) is 6.13. The Morgan fingerprint density at radius 3 is 2.31 bits per heavy atom. The molecule has 2 amide bonds. The minimum absolute atomic E-state index is 0.308. The van der Waals surface area contributed by atoms with Crippen LogP contribution in [0.25, 0.3) is 11.3 Å². The van der Waals surface area contributed by atoms with Crippen molar-refractivity contribution in [3.05, 3.63) is 70.3 Å². The van der Waals surface area contributed by atoms with Crippen LogP contribution in [-0.2, 0) is 0 Å². The van der Waals surface area contributed by atoms with Crippen LogP contribution in [0.4, 0.5) is 0 Å². The predicted octanol–water partition coefficient (Wildman–Crippen LogP) is 2.92. The molecule has 0 atom stereocenters. The SMILES string of the molecule is COc1ccc(-c2[nH]ncc2C(=O)NNC(=O)c2ccccc2Br)cc1. The van der Waals surface area contributed by atoms with Crippen molar-refractivity contribution in [1.82, 2.24) is 21.0 Å². The number of H-pyrrole nitrogens is 1. The number of hydrogen-bond donors (Lipinski definition) is 3. The molecular formula is C18H15BrN4O3. The number of aromatic amines is 1. The fraction of sp³-hybridized carbons (Fsp3) is 0.0556. The first-order chi connectivity index (χ1) is 12.6. The number of halogens is 1. The zero-order chi connectivity index (χ0) is 18.5. The molecule has 3 aromatic rings. The fourth-order valence-corrected chi connectivity index (χ4v) is 2.79. The molecule has 1 aromatic heterocycles. The highest BCUT2D eigenvalue weighted by molar-refractivity contribution is 9.10. The Morgan fingerprint density at radius 2 is 1.65 bits per heavy atom. The van der Waals surface area contributed by atoms with Gasteiger partial charge in [-0.3, -0.25) is 25.5 Å². The number of hydrazine groups is 1. The number of hydrogen-bond acceptors (Lipinski definition) is 4. The van der Waals surface area contributed by atoms with Gasteiger partial charge in [-0.15, -0.1) is 0 Å². The maximum absolute atomic E-state index is 12.4. The first-order valence-corrected chi connectivity index (χ1v) is 8.42. The summed E-state index contributed by atoms with van der Waals surface area (Å²) in [7, 11) is 1.58. The Bertz CT molecular complexity index is 938. The summed E-state index contributed by atoms with van der Waals surface area (Å²) in [5, 5.41) is 6.72. The van der Waals surface area contributed by atoms with Gasteiger partial charge in [-0.05, 0) is 52.3 Å². The van der Waals surface area contributed by atoms with Crippen molar-refractivity contribution in [1.29, 1.82) is 0 Å². The quantitative estimate of drug-likeness (QED) is 0.571. The molecule has 132 valence electrons. The molecule has 26 heavy (non-hydrogen) atoms. The zero-order valence-corrected chi connectivity index (χ0v) is 15.3. The lowest BCUT2D eigenvalue weighted by atomic mass is 10.1. The average molecular weight is 415 g/mol. The largest absolute Gasteiger partial charge is 0.497 e. The fourth-order valence-electron chi connectivity index (χ4n) is 2.33. The molecule has 1 heterocycles. The van der Waals surface area contributed by atoms with Crippen LogP contribution in [0.5, 0.6) is 5.75 Å². The van der Waals surface area contributed by atoms with Crippen molar-refractivity contribution in [2.24, 2.45) is 0 Å². The van der Waals surface area contributed by atoms with E-state index in [1.807, 2.05) is 12.1 Å². The highest BCUT2D eigenvalue weighted by Crippen LogP contribution is 2.23. The van der Waals surface area contributed by atoms with Gasteiger partial charge in [0, 0.05) is 10.0 Å². The molecule has 0 spiro atoms. The second kappa shape index (κ2) is 7.83. The van der Waals surface area contributed by atoms with E-state index in [0.29, 0.717) is 27.0 Å². The van der Waals surface area contributed by atoms with E-state index < -0.39 is 11.8 Å². The molecule has 0 fully saturated rings. The summed E-state index contributed by atoms with van der Waals surface area (Å²) < 4.78 is 5.76. The first kappa shape index (κ1) is 17.7. The summed E-state index contributed by atoms with van der Waals surface area (Å²) in [6, 6.07) is 14.1. The van der Waals surface area contributed by atoms with Gasteiger partial charge >= 0.3 is 0 Å². The molecule has 7 nitrogen and oxygen atoms in total. The lowest BCUT2D eigenvalue weighted by Crippen LogP contribution is -2.41. The van der Waals surface area contributed by atoms with E-state index in [4.69, 9.17) is 4.74 Å². The van der Waals surface area contributed by atoms with Crippen LogP contribution in [0.3, 0.4) is 0 Å². The maximum atomic E-state index is 12.4. The standard InChI is InChI=1S/C18H15BrN4O3/c1-26-12-8-6-11(7-9-12)16-14(10-20-21-16)18(25)23-22-17(24)13-4-2-3-5-15(13)19/h2-10H,1H3,(H,20,21)(H,22,24)(H,23,25). The number of nitrogens with one attached hydrogen (secondary N) is 3. The van der Waals surface area contributed by atoms with Crippen LogP contribution >= 0.6 is 15.9 Å². The number of rotatable bonds is 4. The van der Waals surface area contributed by atoms with Crippen molar-refractivity contribution in [2.45, 2.75) is 0 Å². The molecule has 3 rings (SSSR count). The first-order valence-electron chi connectivity index (χ1n) is 7.63. The van der Waals surface area contributed by atoms with Gasteiger partial charge in [0.1, 0.15) is 5.75 Å². The summed E-state index contributed by atoms with van der Waals surface area (Å²) in [5.41, 5.74) is 6.83. The van der Waals surface area contributed by atoms with Crippen molar-refractivity contribution < 1.29 is 14.3 Å². The Kier molecular flexibility index (Phi) is 5.33. The van der Waals surface area contributed by atoms with E-state index in [1.165, 1.54) is 6.20 Å². The summed E-state index contributed by atoms with van der Waals surface area (Å²) in [4.78, 5) is 24.6. The van der Waals surface area contributed by atoms with Gasteiger partial charge in [-0.25, -0.2) is 0 Å². The number of nitrogens with zero attached hydrogens (tertiary/aromatic N) is 1. The highest BCUT2D eigenvalue weighted by atomic mass is 79.9. The van der Waals surface area contributed by atoms with Crippen LogP contribution in [0.1, 0.15) is 20.7 Å². The highest BCUT2D eigenvalue weighted by Gasteiger charge is 2.17. The van der Waals surface area contributed by atoms with E-state index in [-0.39, 0.29) is 0 Å². The Morgan fingerprint density at radius 1 is 1.00 bits per heavy atom.